The van der Waals surface area contributed by atoms with E-state index in [-0.39, 0.29) is 66.9 Å². The summed E-state index contributed by atoms with van der Waals surface area (Å²) >= 11 is 0. The summed E-state index contributed by atoms with van der Waals surface area (Å²) in [6, 6.07) is 0. The van der Waals surface area contributed by atoms with Crippen LogP contribution < -0.4 is 0 Å². The molecular weight excluding hydrogens is 750 g/mol. The summed E-state index contributed by atoms with van der Waals surface area (Å²) in [4.78, 5) is 48.9. The Kier molecular flexibility index (Phi) is 9.60. The van der Waals surface area contributed by atoms with Gasteiger partial charge in [-0.25, -0.2) is 19.6 Å². The molecule has 0 radical (unpaired) electrons. The lowest BCUT2D eigenvalue weighted by Crippen LogP contribution is -2.67. The number of ether oxygens (including phenoxy) is 6. The first kappa shape index (κ1) is 39.2. The molecule has 0 aromatic heterocycles. The second-order valence-corrected chi connectivity index (χ2v) is 16.8. The molecule has 8 fully saturated rings. The van der Waals surface area contributed by atoms with Crippen LogP contribution in [0.1, 0.15) is 98.3 Å². The Hall–Kier alpha value is -2.64. The van der Waals surface area contributed by atoms with Gasteiger partial charge < -0.3 is 28.4 Å². The first-order valence-electron chi connectivity index (χ1n) is 19.1. The van der Waals surface area contributed by atoms with Crippen LogP contribution in [-0.2, 0) is 57.6 Å². The highest BCUT2D eigenvalue weighted by Crippen LogP contribution is 2.63. The van der Waals surface area contributed by atoms with Crippen molar-refractivity contribution in [1.29, 1.82) is 0 Å². The normalized spacial score (nSPS) is 43.4. The molecule has 0 aromatic rings. The van der Waals surface area contributed by atoms with Gasteiger partial charge in [-0.15, -0.1) is 0 Å². The van der Waals surface area contributed by atoms with E-state index >= 15 is 0 Å². The number of esters is 2. The molecule has 12 atom stereocenters. The van der Waals surface area contributed by atoms with Crippen molar-refractivity contribution in [2.24, 2.45) is 35.5 Å². The summed E-state index contributed by atoms with van der Waals surface area (Å²) < 4.78 is 120. The molecule has 308 valence electrons. The third-order valence-electron chi connectivity index (χ3n) is 13.4. The van der Waals surface area contributed by atoms with Gasteiger partial charge in [-0.2, -0.15) is 26.3 Å². The number of alkyl halides is 6. The molecule has 10 rings (SSSR count). The lowest BCUT2D eigenvalue weighted by Gasteiger charge is -2.57. The molecule has 2 aliphatic carbocycles. The zero-order valence-electron chi connectivity index (χ0n) is 31.0. The number of fused-ring (bicyclic) bond motifs is 4. The fraction of sp³-hybridized carbons (Fsp3) is 0.838. The SMILES string of the molecule is C[C@@H]1CC[C@H]2C(COC(=O)CCCC(=O)OCC3=C(C(F)(F)F)O[C@@H]4O[C@]5(C)CCC6[C@H](C)CC[C@@H]3[C@]64OO5)=C(C(F)(F)F)O[C@@H]3O[C@]4(C)CCC1[C@]32OO4. The number of carbonyl (C=O) groups excluding carboxylic acids is 2. The third kappa shape index (κ3) is 6.44. The van der Waals surface area contributed by atoms with Crippen molar-refractivity contribution < 1.29 is 83.9 Å². The summed E-state index contributed by atoms with van der Waals surface area (Å²) in [5.41, 5.74) is -3.33. The molecule has 2 spiro atoms. The second kappa shape index (κ2) is 13.5. The van der Waals surface area contributed by atoms with E-state index in [1.165, 1.54) is 0 Å². The van der Waals surface area contributed by atoms with E-state index in [4.69, 9.17) is 48.0 Å². The molecule has 8 aliphatic heterocycles. The van der Waals surface area contributed by atoms with Crippen LogP contribution in [0.4, 0.5) is 26.3 Å². The van der Waals surface area contributed by atoms with Crippen LogP contribution in [0.25, 0.3) is 0 Å². The van der Waals surface area contributed by atoms with Gasteiger partial charge in [0.1, 0.15) is 13.2 Å². The molecule has 4 bridgehead atoms. The first-order chi connectivity index (χ1) is 25.8. The maximum atomic E-state index is 14.5. The van der Waals surface area contributed by atoms with Gasteiger partial charge in [-0.1, -0.05) is 13.8 Å². The summed E-state index contributed by atoms with van der Waals surface area (Å²) in [6.45, 7) is 5.69. The fourth-order valence-electron chi connectivity index (χ4n) is 10.6. The average Bonchev–Trinajstić information content (AvgIpc) is 3.48. The maximum Gasteiger partial charge on any atom is 0.449 e. The zero-order chi connectivity index (χ0) is 39.3. The van der Waals surface area contributed by atoms with Gasteiger partial charge in [0, 0.05) is 60.5 Å². The van der Waals surface area contributed by atoms with Crippen LogP contribution in [-0.4, -0.2) is 72.9 Å². The summed E-state index contributed by atoms with van der Waals surface area (Å²) in [5.74, 6) is -9.07. The molecule has 2 saturated carbocycles. The van der Waals surface area contributed by atoms with E-state index in [2.05, 4.69) is 0 Å². The Morgan fingerprint density at radius 3 is 1.42 bits per heavy atom. The smallest absolute Gasteiger partial charge is 0.449 e. The molecule has 6 saturated heterocycles. The van der Waals surface area contributed by atoms with Crippen LogP contribution in [0.15, 0.2) is 22.7 Å². The van der Waals surface area contributed by atoms with Crippen molar-refractivity contribution in [2.45, 2.75) is 146 Å². The van der Waals surface area contributed by atoms with Crippen molar-refractivity contribution in [1.82, 2.24) is 0 Å². The van der Waals surface area contributed by atoms with Crippen molar-refractivity contribution in [3.63, 3.8) is 0 Å². The van der Waals surface area contributed by atoms with E-state index in [1.807, 2.05) is 13.8 Å². The molecule has 12 nitrogen and oxygen atoms in total. The minimum absolute atomic E-state index is 0.0691. The van der Waals surface area contributed by atoms with Gasteiger partial charge in [0.2, 0.25) is 35.7 Å². The molecular formula is C37H46F6O12. The number of rotatable bonds is 8. The van der Waals surface area contributed by atoms with E-state index in [1.54, 1.807) is 13.8 Å². The van der Waals surface area contributed by atoms with Gasteiger partial charge in [0.15, 0.2) is 11.2 Å². The van der Waals surface area contributed by atoms with Crippen LogP contribution in [0.2, 0.25) is 0 Å². The number of hydrogen-bond acceptors (Lipinski definition) is 12. The summed E-state index contributed by atoms with van der Waals surface area (Å²) in [6.07, 6.45) is -9.86. The van der Waals surface area contributed by atoms with Crippen LogP contribution >= 0.6 is 0 Å². The molecule has 2 unspecified atom stereocenters. The van der Waals surface area contributed by atoms with Crippen LogP contribution in [0.5, 0.6) is 0 Å². The van der Waals surface area contributed by atoms with Crippen molar-refractivity contribution in [3.05, 3.63) is 22.7 Å². The van der Waals surface area contributed by atoms with Crippen molar-refractivity contribution >= 4 is 11.9 Å². The van der Waals surface area contributed by atoms with Crippen LogP contribution in [0.3, 0.4) is 0 Å². The standard InChI is InChI=1S/C37H46F6O12/c1-18-8-10-24-20(28(36(38,39)40)48-30-34(24)22(18)12-14-32(3,50-30)52-54-34)16-46-26(44)6-5-7-27(45)47-17-21-25-11-9-19(2)23-13-15-33(4)51-31(35(23,25)55-53-33)49-29(21)37(41,42)43/h18-19,22-25,30-31H,5-17H2,1-4H3/t18-,19-,22?,23?,24+,25+,30-,31-,32+,33+,34-,35-/m1/s1. The van der Waals surface area contributed by atoms with E-state index in [0.717, 1.165) is 0 Å². The molecule has 0 N–H and O–H groups in total. The molecule has 8 heterocycles. The Morgan fingerprint density at radius 1 is 0.636 bits per heavy atom. The average molecular weight is 797 g/mol. The topological polar surface area (TPSA) is 126 Å². The summed E-state index contributed by atoms with van der Waals surface area (Å²) in [7, 11) is 0. The van der Waals surface area contributed by atoms with E-state index < -0.39 is 96.2 Å². The van der Waals surface area contributed by atoms with Gasteiger partial charge in [-0.3, -0.25) is 9.59 Å². The zero-order valence-corrected chi connectivity index (χ0v) is 31.0. The Morgan fingerprint density at radius 2 is 1.04 bits per heavy atom. The quantitative estimate of drug-likeness (QED) is 0.138. The lowest BCUT2D eigenvalue weighted by atomic mass is 9.59. The third-order valence-corrected chi connectivity index (χ3v) is 13.4. The van der Waals surface area contributed by atoms with E-state index in [0.29, 0.717) is 38.5 Å². The number of halogens is 6. The maximum absolute atomic E-state index is 14.5. The monoisotopic (exact) mass is 796 g/mol. The van der Waals surface area contributed by atoms with Gasteiger partial charge in [0.05, 0.1) is 0 Å². The Balaban J connectivity index is 0.915. The van der Waals surface area contributed by atoms with Crippen molar-refractivity contribution in [2.75, 3.05) is 13.2 Å². The van der Waals surface area contributed by atoms with Crippen molar-refractivity contribution in [3.8, 4) is 0 Å². The fourth-order valence-corrected chi connectivity index (χ4v) is 10.6. The Labute approximate surface area is 313 Å². The van der Waals surface area contributed by atoms with E-state index in [9.17, 15) is 35.9 Å². The molecule has 18 heteroatoms. The first-order valence-corrected chi connectivity index (χ1v) is 19.1. The summed E-state index contributed by atoms with van der Waals surface area (Å²) in [5, 5.41) is 0. The van der Waals surface area contributed by atoms with Gasteiger partial charge in [-0.05, 0) is 70.6 Å². The molecule has 0 amide bonds. The number of allylic oxidation sites excluding steroid dienone is 2. The molecule has 10 aliphatic rings. The number of hydrogen-bond donors (Lipinski definition) is 0. The largest absolute Gasteiger partial charge is 0.461 e. The highest BCUT2D eigenvalue weighted by atomic mass is 19.4. The highest BCUT2D eigenvalue weighted by molar-refractivity contribution is 5.72. The minimum atomic E-state index is -4.93. The predicted octanol–water partition coefficient (Wildman–Crippen LogP) is 7.37. The second-order valence-electron chi connectivity index (χ2n) is 16.8. The molecule has 55 heavy (non-hydrogen) atoms. The molecule has 0 aromatic carbocycles. The van der Waals surface area contributed by atoms with Crippen LogP contribution in [0, 0.1) is 35.5 Å². The Bertz CT molecular complexity index is 1520. The predicted molar refractivity (Wildman–Crippen MR) is 170 cm³/mol. The highest BCUT2D eigenvalue weighted by Gasteiger charge is 2.72. The van der Waals surface area contributed by atoms with Gasteiger partial charge >= 0.3 is 24.3 Å². The number of carbonyl (C=O) groups is 2. The van der Waals surface area contributed by atoms with Gasteiger partial charge in [0.25, 0.3) is 0 Å². The minimum Gasteiger partial charge on any atom is -0.461 e. The lowest BCUT2D eigenvalue weighted by molar-refractivity contribution is -0.558.